The zero-order chi connectivity index (χ0) is 15.6. The van der Waals surface area contributed by atoms with Gasteiger partial charge in [-0.25, -0.2) is 4.79 Å². The maximum Gasteiger partial charge on any atom is 0.340 e. The van der Waals surface area contributed by atoms with E-state index in [0.29, 0.717) is 0 Å². The molecule has 0 spiro atoms. The lowest BCUT2D eigenvalue weighted by Crippen LogP contribution is -2.20. The van der Waals surface area contributed by atoms with E-state index in [1.807, 2.05) is 24.3 Å². The van der Waals surface area contributed by atoms with Crippen molar-refractivity contribution in [1.29, 1.82) is 0 Å². The molecule has 1 aliphatic rings. The number of carbonyl (C=O) groups excluding carboxylic acids is 1. The molecule has 0 saturated heterocycles. The number of fused-ring (bicyclic) bond motifs is 1. The number of cyclic esters (lactones) is 1. The molecule has 122 valence electrons. The SMILES string of the molecule is CCCCCCCCCCC[C@@H]1OC(=O)c2ccccc2S1. The van der Waals surface area contributed by atoms with Crippen LogP contribution in [0.5, 0.6) is 0 Å². The first kappa shape index (κ1) is 17.4. The highest BCUT2D eigenvalue weighted by atomic mass is 32.2. The van der Waals surface area contributed by atoms with Crippen LogP contribution in [-0.2, 0) is 4.74 Å². The molecule has 0 aromatic heterocycles. The second-order valence-electron chi connectivity index (χ2n) is 6.07. The molecule has 0 radical (unpaired) electrons. The molecule has 1 aliphatic heterocycles. The van der Waals surface area contributed by atoms with Crippen molar-refractivity contribution in [2.24, 2.45) is 0 Å². The molecule has 22 heavy (non-hydrogen) atoms. The molecule has 0 aliphatic carbocycles. The number of rotatable bonds is 10. The van der Waals surface area contributed by atoms with Crippen LogP contribution in [0.15, 0.2) is 29.2 Å². The van der Waals surface area contributed by atoms with Gasteiger partial charge in [0.25, 0.3) is 0 Å². The van der Waals surface area contributed by atoms with Crippen molar-refractivity contribution in [3.8, 4) is 0 Å². The second kappa shape index (κ2) is 9.94. The maximum absolute atomic E-state index is 11.9. The molecule has 1 heterocycles. The molecule has 0 N–H and O–H groups in total. The fraction of sp³-hybridized carbons (Fsp3) is 0.632. The standard InChI is InChI=1S/C19H28O2S/c1-2-3-4-5-6-7-8-9-10-15-18-21-19(20)16-13-11-12-14-17(16)22-18/h11-14,18H,2-10,15H2,1H3/t18-/m1/s1. The van der Waals surface area contributed by atoms with Crippen LogP contribution in [0, 0.1) is 0 Å². The lowest BCUT2D eigenvalue weighted by molar-refractivity contribution is 0.0427. The molecule has 0 unspecified atom stereocenters. The van der Waals surface area contributed by atoms with E-state index in [4.69, 9.17) is 4.74 Å². The van der Waals surface area contributed by atoms with E-state index in [1.165, 1.54) is 51.4 Å². The van der Waals surface area contributed by atoms with Crippen LogP contribution in [-0.4, -0.2) is 11.4 Å². The van der Waals surface area contributed by atoms with Gasteiger partial charge in [-0.3, -0.25) is 0 Å². The predicted octanol–water partition coefficient (Wildman–Crippen LogP) is 6.20. The van der Waals surface area contributed by atoms with Gasteiger partial charge in [-0.05, 0) is 25.0 Å². The van der Waals surface area contributed by atoms with Crippen LogP contribution in [0.2, 0.25) is 0 Å². The topological polar surface area (TPSA) is 26.3 Å². The maximum atomic E-state index is 11.9. The number of hydrogen-bond donors (Lipinski definition) is 0. The van der Waals surface area contributed by atoms with Crippen LogP contribution in [0.1, 0.15) is 81.5 Å². The number of carbonyl (C=O) groups is 1. The van der Waals surface area contributed by atoms with Gasteiger partial charge < -0.3 is 4.74 Å². The lowest BCUT2D eigenvalue weighted by atomic mass is 10.1. The summed E-state index contributed by atoms with van der Waals surface area (Å²) in [6.07, 6.45) is 12.9. The van der Waals surface area contributed by atoms with Crippen molar-refractivity contribution in [3.63, 3.8) is 0 Å². The molecule has 3 heteroatoms. The molecule has 1 atom stereocenters. The number of benzene rings is 1. The normalized spacial score (nSPS) is 17.1. The largest absolute Gasteiger partial charge is 0.447 e. The summed E-state index contributed by atoms with van der Waals surface area (Å²) >= 11 is 1.70. The third-order valence-electron chi connectivity index (χ3n) is 4.15. The third-order valence-corrected chi connectivity index (χ3v) is 5.35. The Hall–Kier alpha value is -0.960. The summed E-state index contributed by atoms with van der Waals surface area (Å²) in [5, 5.41) is 0. The van der Waals surface area contributed by atoms with Crippen molar-refractivity contribution in [1.82, 2.24) is 0 Å². The monoisotopic (exact) mass is 320 g/mol. The smallest absolute Gasteiger partial charge is 0.340 e. The van der Waals surface area contributed by atoms with E-state index in [1.54, 1.807) is 11.8 Å². The molecular weight excluding hydrogens is 292 g/mol. The molecule has 1 aromatic carbocycles. The number of esters is 1. The minimum absolute atomic E-state index is 0.00644. The summed E-state index contributed by atoms with van der Waals surface area (Å²) in [5.74, 6) is -0.157. The molecule has 0 bridgehead atoms. The van der Waals surface area contributed by atoms with Gasteiger partial charge in [0, 0.05) is 4.90 Å². The van der Waals surface area contributed by atoms with Crippen LogP contribution < -0.4 is 0 Å². The predicted molar refractivity (Wildman–Crippen MR) is 93.3 cm³/mol. The zero-order valence-electron chi connectivity index (χ0n) is 13.7. The molecule has 0 amide bonds. The Morgan fingerprint density at radius 3 is 2.32 bits per heavy atom. The van der Waals surface area contributed by atoms with E-state index in [0.717, 1.165) is 23.3 Å². The van der Waals surface area contributed by atoms with Gasteiger partial charge in [-0.2, -0.15) is 0 Å². The highest BCUT2D eigenvalue weighted by Crippen LogP contribution is 2.35. The summed E-state index contributed by atoms with van der Waals surface area (Å²) in [6.45, 7) is 2.26. The Morgan fingerprint density at radius 2 is 1.59 bits per heavy atom. The number of hydrogen-bond acceptors (Lipinski definition) is 3. The van der Waals surface area contributed by atoms with Gasteiger partial charge in [-0.15, -0.1) is 0 Å². The molecule has 0 saturated carbocycles. The summed E-state index contributed by atoms with van der Waals surface area (Å²) in [5.41, 5.74) is 0.725. The zero-order valence-corrected chi connectivity index (χ0v) is 14.5. The van der Waals surface area contributed by atoms with Crippen molar-refractivity contribution in [2.75, 3.05) is 0 Å². The highest BCUT2D eigenvalue weighted by Gasteiger charge is 2.25. The minimum atomic E-state index is -0.157. The summed E-state index contributed by atoms with van der Waals surface area (Å²) in [6, 6.07) is 7.74. The van der Waals surface area contributed by atoms with Crippen molar-refractivity contribution in [2.45, 2.75) is 81.5 Å². The van der Waals surface area contributed by atoms with E-state index in [2.05, 4.69) is 6.92 Å². The first-order valence-electron chi connectivity index (χ1n) is 8.78. The van der Waals surface area contributed by atoms with Crippen LogP contribution in [0.3, 0.4) is 0 Å². The second-order valence-corrected chi connectivity index (χ2v) is 7.27. The van der Waals surface area contributed by atoms with E-state index < -0.39 is 0 Å². The van der Waals surface area contributed by atoms with Gasteiger partial charge >= 0.3 is 5.97 Å². The van der Waals surface area contributed by atoms with Crippen molar-refractivity contribution >= 4 is 17.7 Å². The Kier molecular flexibility index (Phi) is 7.86. The Bertz CT molecular complexity index is 459. The van der Waals surface area contributed by atoms with Gasteiger partial charge in [0.1, 0.15) is 0 Å². The Labute approximate surface area is 139 Å². The number of unbranched alkanes of at least 4 members (excludes halogenated alkanes) is 8. The van der Waals surface area contributed by atoms with Gasteiger partial charge in [-0.1, -0.05) is 82.2 Å². The van der Waals surface area contributed by atoms with Crippen LogP contribution in [0.25, 0.3) is 0 Å². The fourth-order valence-electron chi connectivity index (χ4n) is 2.83. The Balaban J connectivity index is 1.56. The van der Waals surface area contributed by atoms with E-state index in [-0.39, 0.29) is 11.4 Å². The van der Waals surface area contributed by atoms with Crippen LogP contribution >= 0.6 is 11.8 Å². The van der Waals surface area contributed by atoms with Crippen molar-refractivity contribution in [3.05, 3.63) is 29.8 Å². The summed E-state index contributed by atoms with van der Waals surface area (Å²) < 4.78 is 5.51. The van der Waals surface area contributed by atoms with Gasteiger partial charge in [0.15, 0.2) is 5.44 Å². The molecule has 1 aromatic rings. The quantitative estimate of drug-likeness (QED) is 0.379. The van der Waals surface area contributed by atoms with Gasteiger partial charge in [0.2, 0.25) is 0 Å². The minimum Gasteiger partial charge on any atom is -0.447 e. The third kappa shape index (κ3) is 5.68. The first-order chi connectivity index (χ1) is 10.8. The molecular formula is C19H28O2S. The highest BCUT2D eigenvalue weighted by molar-refractivity contribution is 8.00. The van der Waals surface area contributed by atoms with Crippen molar-refractivity contribution < 1.29 is 9.53 Å². The molecule has 0 fully saturated rings. The molecule has 2 nitrogen and oxygen atoms in total. The first-order valence-corrected chi connectivity index (χ1v) is 9.66. The number of ether oxygens (including phenoxy) is 1. The Morgan fingerprint density at radius 1 is 0.955 bits per heavy atom. The summed E-state index contributed by atoms with van der Waals surface area (Å²) in [7, 11) is 0. The fourth-order valence-corrected chi connectivity index (χ4v) is 3.96. The summed E-state index contributed by atoms with van der Waals surface area (Å²) in [4.78, 5) is 13.0. The van der Waals surface area contributed by atoms with Gasteiger partial charge in [0.05, 0.1) is 5.56 Å². The average Bonchev–Trinajstić information content (AvgIpc) is 2.53. The van der Waals surface area contributed by atoms with E-state index in [9.17, 15) is 4.79 Å². The van der Waals surface area contributed by atoms with E-state index >= 15 is 0 Å². The average molecular weight is 320 g/mol. The lowest BCUT2D eigenvalue weighted by Gasteiger charge is -2.23. The van der Waals surface area contributed by atoms with Crippen LogP contribution in [0.4, 0.5) is 0 Å². The number of thioether (sulfide) groups is 1. The molecule has 2 rings (SSSR count).